The monoisotopic (exact) mass is 237 g/mol. The summed E-state index contributed by atoms with van der Waals surface area (Å²) in [6.07, 6.45) is 2.25. The summed E-state index contributed by atoms with van der Waals surface area (Å²) >= 11 is 0. The number of halogens is 1. The number of hydrogen-bond acceptors (Lipinski definition) is 2. The number of hydrogen-bond donors (Lipinski definition) is 2. The third-order valence-electron chi connectivity index (χ3n) is 3.68. The summed E-state index contributed by atoms with van der Waals surface area (Å²) in [6.45, 7) is 4.16. The van der Waals surface area contributed by atoms with Gasteiger partial charge in [-0.15, -0.1) is 0 Å². The van der Waals surface area contributed by atoms with Crippen LogP contribution in [0.25, 0.3) is 0 Å². The van der Waals surface area contributed by atoms with E-state index in [0.29, 0.717) is 5.92 Å². The number of aliphatic hydroxyl groups excluding tert-OH is 1. The molecule has 1 aliphatic carbocycles. The van der Waals surface area contributed by atoms with Crippen LogP contribution in [0.2, 0.25) is 0 Å². The number of aliphatic hydroxyl groups is 1. The second-order valence-corrected chi connectivity index (χ2v) is 5.24. The van der Waals surface area contributed by atoms with Crippen LogP contribution in [0.3, 0.4) is 0 Å². The van der Waals surface area contributed by atoms with Crippen molar-refractivity contribution in [2.75, 3.05) is 19.7 Å². The molecule has 0 spiro atoms. The Morgan fingerprint density at radius 3 is 2.53 bits per heavy atom. The molecule has 94 valence electrons. The molecule has 0 aliphatic heterocycles. The number of nitrogens with one attached hydrogen (secondary N) is 1. The average Bonchev–Trinajstić information content (AvgIpc) is 3.10. The first kappa shape index (κ1) is 12.5. The first-order valence-corrected chi connectivity index (χ1v) is 6.22. The van der Waals surface area contributed by atoms with Gasteiger partial charge in [0, 0.05) is 25.1 Å². The van der Waals surface area contributed by atoms with Crippen molar-refractivity contribution in [2.45, 2.75) is 25.7 Å². The van der Waals surface area contributed by atoms with Gasteiger partial charge in [-0.2, -0.15) is 0 Å². The van der Waals surface area contributed by atoms with Crippen molar-refractivity contribution in [3.05, 3.63) is 35.6 Å². The van der Waals surface area contributed by atoms with Gasteiger partial charge in [0.1, 0.15) is 5.82 Å². The van der Waals surface area contributed by atoms with Crippen LogP contribution >= 0.6 is 0 Å². The molecule has 1 aromatic carbocycles. The molecule has 2 nitrogen and oxygen atoms in total. The molecule has 1 aliphatic rings. The van der Waals surface area contributed by atoms with E-state index in [1.54, 1.807) is 0 Å². The molecule has 2 N–H and O–H groups in total. The maximum absolute atomic E-state index is 12.8. The maximum atomic E-state index is 12.8. The van der Waals surface area contributed by atoms with E-state index in [1.807, 2.05) is 12.1 Å². The standard InChI is InChI=1S/C14H20FNO/c1-11(12-2-4-13(15)5-3-12)8-16-9-14(10-17)6-7-14/h2-5,11,16-17H,6-10H2,1H3. The van der Waals surface area contributed by atoms with Crippen LogP contribution in [0.15, 0.2) is 24.3 Å². The predicted molar refractivity (Wildman–Crippen MR) is 66.4 cm³/mol. The molecule has 2 rings (SSSR count). The van der Waals surface area contributed by atoms with Gasteiger partial charge in [0.2, 0.25) is 0 Å². The Morgan fingerprint density at radius 1 is 1.35 bits per heavy atom. The van der Waals surface area contributed by atoms with Crippen LogP contribution in [-0.2, 0) is 0 Å². The largest absolute Gasteiger partial charge is 0.396 e. The molecule has 0 heterocycles. The first-order chi connectivity index (χ1) is 8.15. The zero-order chi connectivity index (χ0) is 12.3. The predicted octanol–water partition coefficient (Wildman–Crippen LogP) is 2.29. The van der Waals surface area contributed by atoms with E-state index < -0.39 is 0 Å². The van der Waals surface area contributed by atoms with Crippen LogP contribution in [0, 0.1) is 11.2 Å². The molecule has 0 radical (unpaired) electrons. The SMILES string of the molecule is CC(CNCC1(CO)CC1)c1ccc(F)cc1. The summed E-state index contributed by atoms with van der Waals surface area (Å²) in [5, 5.41) is 12.6. The second-order valence-electron chi connectivity index (χ2n) is 5.24. The van der Waals surface area contributed by atoms with Crippen molar-refractivity contribution in [3.63, 3.8) is 0 Å². The first-order valence-electron chi connectivity index (χ1n) is 6.22. The van der Waals surface area contributed by atoms with Crippen LogP contribution in [0.1, 0.15) is 31.2 Å². The topological polar surface area (TPSA) is 32.3 Å². The average molecular weight is 237 g/mol. The Balaban J connectivity index is 1.77. The lowest BCUT2D eigenvalue weighted by molar-refractivity contribution is 0.207. The van der Waals surface area contributed by atoms with Gasteiger partial charge in [0.05, 0.1) is 0 Å². The Morgan fingerprint density at radius 2 is 2.00 bits per heavy atom. The van der Waals surface area contributed by atoms with E-state index >= 15 is 0 Å². The summed E-state index contributed by atoms with van der Waals surface area (Å²) in [5.41, 5.74) is 1.30. The van der Waals surface area contributed by atoms with Gasteiger partial charge in [-0.25, -0.2) is 4.39 Å². The van der Waals surface area contributed by atoms with E-state index in [1.165, 1.54) is 12.1 Å². The molecule has 1 saturated carbocycles. The lowest BCUT2D eigenvalue weighted by atomic mass is 10.0. The molecule has 0 amide bonds. The van der Waals surface area contributed by atoms with Gasteiger partial charge in [-0.3, -0.25) is 0 Å². The number of benzene rings is 1. The van der Waals surface area contributed by atoms with Crippen molar-refractivity contribution in [2.24, 2.45) is 5.41 Å². The van der Waals surface area contributed by atoms with Crippen LogP contribution in [0.4, 0.5) is 4.39 Å². The minimum atomic E-state index is -0.189. The Kier molecular flexibility index (Phi) is 3.79. The van der Waals surface area contributed by atoms with Gasteiger partial charge in [0.25, 0.3) is 0 Å². The summed E-state index contributed by atoms with van der Waals surface area (Å²) in [4.78, 5) is 0. The molecular formula is C14H20FNO. The fraction of sp³-hybridized carbons (Fsp3) is 0.571. The summed E-state index contributed by atoms with van der Waals surface area (Å²) in [6, 6.07) is 6.67. The lowest BCUT2D eigenvalue weighted by Gasteiger charge is -2.16. The quantitative estimate of drug-likeness (QED) is 0.795. The highest BCUT2D eigenvalue weighted by molar-refractivity contribution is 5.20. The Bertz CT molecular complexity index is 359. The van der Waals surface area contributed by atoms with Gasteiger partial charge in [-0.05, 0) is 36.5 Å². The molecule has 0 aromatic heterocycles. The minimum Gasteiger partial charge on any atom is -0.396 e. The van der Waals surface area contributed by atoms with Crippen molar-refractivity contribution in [1.82, 2.24) is 5.32 Å². The highest BCUT2D eigenvalue weighted by Crippen LogP contribution is 2.44. The highest BCUT2D eigenvalue weighted by atomic mass is 19.1. The van der Waals surface area contributed by atoms with E-state index in [0.717, 1.165) is 31.5 Å². The van der Waals surface area contributed by atoms with Crippen LogP contribution in [-0.4, -0.2) is 24.8 Å². The molecule has 1 atom stereocenters. The van der Waals surface area contributed by atoms with E-state index in [4.69, 9.17) is 0 Å². The molecule has 3 heteroatoms. The second kappa shape index (κ2) is 5.15. The Labute approximate surface area is 102 Å². The molecular weight excluding hydrogens is 217 g/mol. The van der Waals surface area contributed by atoms with Crippen LogP contribution < -0.4 is 5.32 Å². The smallest absolute Gasteiger partial charge is 0.123 e. The molecule has 1 fully saturated rings. The van der Waals surface area contributed by atoms with E-state index in [9.17, 15) is 9.50 Å². The highest BCUT2D eigenvalue weighted by Gasteiger charge is 2.41. The minimum absolute atomic E-state index is 0.155. The molecule has 1 unspecified atom stereocenters. The fourth-order valence-corrected chi connectivity index (χ4v) is 2.03. The van der Waals surface area contributed by atoms with E-state index in [-0.39, 0.29) is 17.8 Å². The van der Waals surface area contributed by atoms with E-state index in [2.05, 4.69) is 12.2 Å². The van der Waals surface area contributed by atoms with Crippen molar-refractivity contribution < 1.29 is 9.50 Å². The lowest BCUT2D eigenvalue weighted by Crippen LogP contribution is -2.29. The summed E-state index contributed by atoms with van der Waals surface area (Å²) in [5.74, 6) is 0.177. The summed E-state index contributed by atoms with van der Waals surface area (Å²) < 4.78 is 12.8. The molecule has 0 bridgehead atoms. The van der Waals surface area contributed by atoms with Crippen molar-refractivity contribution >= 4 is 0 Å². The van der Waals surface area contributed by atoms with Gasteiger partial charge < -0.3 is 10.4 Å². The maximum Gasteiger partial charge on any atom is 0.123 e. The van der Waals surface area contributed by atoms with Gasteiger partial charge in [-0.1, -0.05) is 19.1 Å². The molecule has 0 saturated heterocycles. The van der Waals surface area contributed by atoms with Crippen molar-refractivity contribution in [3.8, 4) is 0 Å². The zero-order valence-corrected chi connectivity index (χ0v) is 10.2. The summed E-state index contributed by atoms with van der Waals surface area (Å²) in [7, 11) is 0. The molecule has 17 heavy (non-hydrogen) atoms. The fourth-order valence-electron chi connectivity index (χ4n) is 2.03. The van der Waals surface area contributed by atoms with Gasteiger partial charge in [0.15, 0.2) is 0 Å². The Hall–Kier alpha value is -0.930. The third-order valence-corrected chi connectivity index (χ3v) is 3.68. The normalized spacial score (nSPS) is 19.0. The zero-order valence-electron chi connectivity index (χ0n) is 10.2. The van der Waals surface area contributed by atoms with Crippen molar-refractivity contribution in [1.29, 1.82) is 0 Å². The van der Waals surface area contributed by atoms with Crippen LogP contribution in [0.5, 0.6) is 0 Å². The number of rotatable bonds is 6. The molecule has 1 aromatic rings. The van der Waals surface area contributed by atoms with Gasteiger partial charge >= 0.3 is 0 Å². The third kappa shape index (κ3) is 3.27.